The van der Waals surface area contributed by atoms with Crippen molar-refractivity contribution in [1.82, 2.24) is 4.57 Å². The van der Waals surface area contributed by atoms with Gasteiger partial charge in [0.15, 0.2) is 0 Å². The third kappa shape index (κ3) is 4.27. The van der Waals surface area contributed by atoms with Crippen LogP contribution in [0.5, 0.6) is 11.5 Å². The maximum Gasteiger partial charge on any atom is 0.338 e. The summed E-state index contributed by atoms with van der Waals surface area (Å²) >= 11 is 1.07. The zero-order valence-electron chi connectivity index (χ0n) is 20.1. The zero-order valence-corrected chi connectivity index (χ0v) is 20.9. The van der Waals surface area contributed by atoms with Gasteiger partial charge in [0.1, 0.15) is 22.0 Å². The van der Waals surface area contributed by atoms with Gasteiger partial charge in [0.05, 0.1) is 50.0 Å². The van der Waals surface area contributed by atoms with Crippen LogP contribution in [-0.4, -0.2) is 44.9 Å². The standard InChI is InChI=1S/C26H24N2O7S/c1-32-16-9-5-7-14(11-16)12-18-23(29)28-22(27)20(25(30)34-3)19(15-8-6-10-17(13-15)33-2)21(24(28)36-18)26(31)35-4/h5-13,19H,27H2,1-4H3/b18-12+/t19-/m0/s1. The van der Waals surface area contributed by atoms with Crippen molar-refractivity contribution in [2.24, 2.45) is 5.73 Å². The van der Waals surface area contributed by atoms with E-state index in [0.29, 0.717) is 27.2 Å². The van der Waals surface area contributed by atoms with E-state index < -0.39 is 23.4 Å². The number of methoxy groups -OCH3 is 4. The average molecular weight is 509 g/mol. The maximum atomic E-state index is 13.5. The normalized spacial score (nSPS) is 15.4. The van der Waals surface area contributed by atoms with Crippen LogP contribution in [0.3, 0.4) is 0 Å². The molecule has 9 nitrogen and oxygen atoms in total. The molecule has 0 unspecified atom stereocenters. The minimum atomic E-state index is -0.956. The van der Waals surface area contributed by atoms with Gasteiger partial charge in [0.2, 0.25) is 0 Å². The largest absolute Gasteiger partial charge is 0.497 e. The summed E-state index contributed by atoms with van der Waals surface area (Å²) in [6.45, 7) is 0. The fourth-order valence-electron chi connectivity index (χ4n) is 4.10. The number of ether oxygens (including phenoxy) is 4. The minimum absolute atomic E-state index is 0.0496. The number of hydrogen-bond acceptors (Lipinski definition) is 9. The Hall–Kier alpha value is -4.31. The van der Waals surface area contributed by atoms with E-state index in [4.69, 9.17) is 24.7 Å². The van der Waals surface area contributed by atoms with Crippen molar-refractivity contribution >= 4 is 40.7 Å². The van der Waals surface area contributed by atoms with Crippen LogP contribution < -0.4 is 30.0 Å². The third-order valence-electron chi connectivity index (χ3n) is 5.78. The summed E-state index contributed by atoms with van der Waals surface area (Å²) in [5.74, 6) is -1.42. The summed E-state index contributed by atoms with van der Waals surface area (Å²) in [6.07, 6.45) is 1.67. The Kier molecular flexibility index (Phi) is 6.98. The molecule has 0 spiro atoms. The molecule has 36 heavy (non-hydrogen) atoms. The molecule has 0 radical (unpaired) electrons. The molecule has 1 atom stereocenters. The van der Waals surface area contributed by atoms with Gasteiger partial charge in [-0.15, -0.1) is 11.3 Å². The highest BCUT2D eigenvalue weighted by Crippen LogP contribution is 2.38. The summed E-state index contributed by atoms with van der Waals surface area (Å²) < 4.78 is 22.4. The number of esters is 2. The van der Waals surface area contributed by atoms with E-state index in [-0.39, 0.29) is 21.6 Å². The monoisotopic (exact) mass is 508 g/mol. The van der Waals surface area contributed by atoms with E-state index >= 15 is 0 Å². The highest BCUT2D eigenvalue weighted by Gasteiger charge is 2.39. The van der Waals surface area contributed by atoms with Crippen LogP contribution in [0.25, 0.3) is 17.5 Å². The Morgan fingerprint density at radius 1 is 0.917 bits per heavy atom. The van der Waals surface area contributed by atoms with Crippen LogP contribution in [-0.2, 0) is 19.1 Å². The van der Waals surface area contributed by atoms with E-state index in [1.165, 1.54) is 21.3 Å². The second-order valence-electron chi connectivity index (χ2n) is 7.74. The molecule has 0 amide bonds. The van der Waals surface area contributed by atoms with Gasteiger partial charge in [-0.05, 0) is 41.5 Å². The van der Waals surface area contributed by atoms with Gasteiger partial charge in [-0.1, -0.05) is 24.3 Å². The lowest BCUT2D eigenvalue weighted by atomic mass is 9.83. The molecule has 2 N–H and O–H groups in total. The number of nitrogens with two attached hydrogens (primary N) is 1. The Balaban J connectivity index is 2.11. The molecule has 0 fully saturated rings. The average Bonchev–Trinajstić information content (AvgIpc) is 3.23. The molecule has 4 rings (SSSR count). The van der Waals surface area contributed by atoms with Gasteiger partial charge in [-0.2, -0.15) is 0 Å². The number of rotatable bonds is 6. The molecule has 2 aromatic carbocycles. The highest BCUT2D eigenvalue weighted by atomic mass is 32.1. The van der Waals surface area contributed by atoms with E-state index in [0.717, 1.165) is 15.9 Å². The summed E-state index contributed by atoms with van der Waals surface area (Å²) in [5, 5.41) is 0. The van der Waals surface area contributed by atoms with Crippen molar-refractivity contribution in [2.45, 2.75) is 5.92 Å². The van der Waals surface area contributed by atoms with Gasteiger partial charge in [-0.3, -0.25) is 9.36 Å². The molecule has 3 aromatic rings. The Morgan fingerprint density at radius 2 is 1.53 bits per heavy atom. The topological polar surface area (TPSA) is 119 Å². The molecule has 0 saturated carbocycles. The number of carbonyl (C=O) groups excluding carboxylic acids is 2. The molecule has 186 valence electrons. The number of thiazole rings is 1. The number of benzene rings is 2. The van der Waals surface area contributed by atoms with Gasteiger partial charge in [0.25, 0.3) is 5.56 Å². The van der Waals surface area contributed by atoms with Crippen molar-refractivity contribution in [3.05, 3.63) is 84.8 Å². The van der Waals surface area contributed by atoms with Crippen LogP contribution >= 0.6 is 11.3 Å². The van der Waals surface area contributed by atoms with Crippen LogP contribution in [0.4, 0.5) is 0 Å². The van der Waals surface area contributed by atoms with E-state index in [9.17, 15) is 14.4 Å². The molecule has 0 aliphatic carbocycles. The van der Waals surface area contributed by atoms with Gasteiger partial charge in [-0.25, -0.2) is 9.59 Å². The lowest BCUT2D eigenvalue weighted by Crippen LogP contribution is -2.41. The van der Waals surface area contributed by atoms with Gasteiger partial charge in [0, 0.05) is 0 Å². The first-order valence-electron chi connectivity index (χ1n) is 10.8. The first-order valence-corrected chi connectivity index (χ1v) is 11.6. The summed E-state index contributed by atoms with van der Waals surface area (Å²) in [7, 11) is 5.50. The lowest BCUT2D eigenvalue weighted by Gasteiger charge is -2.26. The number of carbonyl (C=O) groups is 2. The number of nitrogens with zero attached hydrogens (tertiary/aromatic N) is 1. The van der Waals surface area contributed by atoms with Crippen LogP contribution in [0.1, 0.15) is 17.0 Å². The fourth-order valence-corrected chi connectivity index (χ4v) is 5.27. The number of aromatic nitrogens is 1. The second kappa shape index (κ2) is 10.1. The summed E-state index contributed by atoms with van der Waals surface area (Å²) in [6, 6.07) is 14.1. The van der Waals surface area contributed by atoms with Crippen molar-refractivity contribution in [1.29, 1.82) is 0 Å². The third-order valence-corrected chi connectivity index (χ3v) is 6.89. The van der Waals surface area contributed by atoms with E-state index in [2.05, 4.69) is 0 Å². The smallest absolute Gasteiger partial charge is 0.338 e. The van der Waals surface area contributed by atoms with Crippen LogP contribution in [0, 0.1) is 0 Å². The molecule has 1 aliphatic heterocycles. The molecule has 10 heteroatoms. The van der Waals surface area contributed by atoms with E-state index in [1.54, 1.807) is 55.7 Å². The maximum absolute atomic E-state index is 13.5. The van der Waals surface area contributed by atoms with Crippen molar-refractivity contribution in [3.63, 3.8) is 0 Å². The highest BCUT2D eigenvalue weighted by molar-refractivity contribution is 7.07. The van der Waals surface area contributed by atoms with Crippen LogP contribution in [0.15, 0.2) is 58.9 Å². The quantitative estimate of drug-likeness (QED) is 0.493. The Bertz CT molecular complexity index is 1570. The van der Waals surface area contributed by atoms with Crippen LogP contribution in [0.2, 0.25) is 0 Å². The Morgan fingerprint density at radius 3 is 2.17 bits per heavy atom. The molecule has 1 aromatic heterocycles. The minimum Gasteiger partial charge on any atom is -0.497 e. The molecule has 2 heterocycles. The van der Waals surface area contributed by atoms with Crippen molar-refractivity contribution in [2.75, 3.05) is 28.4 Å². The summed E-state index contributed by atoms with van der Waals surface area (Å²) in [4.78, 5) is 39.6. The first-order chi connectivity index (χ1) is 17.3. The molecular weight excluding hydrogens is 484 g/mol. The predicted octanol–water partition coefficient (Wildman–Crippen LogP) is 1.18. The van der Waals surface area contributed by atoms with Gasteiger partial charge < -0.3 is 24.7 Å². The van der Waals surface area contributed by atoms with Crippen molar-refractivity contribution < 1.29 is 28.5 Å². The molecular formula is C26H24N2O7S. The fraction of sp³-hybridized carbons (Fsp3) is 0.192. The Labute approximate surface area is 210 Å². The second-order valence-corrected chi connectivity index (χ2v) is 8.77. The SMILES string of the molecule is COC(=O)C1=C(N)n2c(s/c(=C/c3cccc(OC)c3)c2=O)=C(C(=O)OC)[C@H]1c1cccc(OC)c1. The van der Waals surface area contributed by atoms with Gasteiger partial charge >= 0.3 is 11.9 Å². The number of hydrogen-bond donors (Lipinski definition) is 1. The summed E-state index contributed by atoms with van der Waals surface area (Å²) in [5.41, 5.74) is 7.26. The van der Waals surface area contributed by atoms with E-state index in [1.807, 2.05) is 6.07 Å². The van der Waals surface area contributed by atoms with Crippen molar-refractivity contribution in [3.8, 4) is 11.5 Å². The number of fused-ring (bicyclic) bond motifs is 1. The predicted molar refractivity (Wildman–Crippen MR) is 135 cm³/mol. The molecule has 0 bridgehead atoms. The lowest BCUT2D eigenvalue weighted by molar-refractivity contribution is -0.136. The first kappa shape index (κ1) is 24.8. The molecule has 0 saturated heterocycles. The molecule has 1 aliphatic rings. The zero-order chi connectivity index (χ0) is 26.0.